The Hall–Kier alpha value is -4.45. The lowest BCUT2D eigenvalue weighted by Crippen LogP contribution is -2.55. The van der Waals surface area contributed by atoms with Crippen molar-refractivity contribution < 1.29 is 37.3 Å². The average molecular weight is 737 g/mol. The second-order valence-electron chi connectivity index (χ2n) is 12.7. The van der Waals surface area contributed by atoms with Gasteiger partial charge in [-0.05, 0) is 48.1 Å². The Morgan fingerprint density at radius 2 is 1.45 bits per heavy atom. The second-order valence-corrected chi connectivity index (χ2v) is 16.3. The van der Waals surface area contributed by atoms with Gasteiger partial charge in [0.1, 0.15) is 23.6 Å². The number of Topliss-reactive ketones (excluding diaryl/α,β-unsaturated/α-hetero) is 1. The Bertz CT molecular complexity index is 1750. The third-order valence-electron chi connectivity index (χ3n) is 8.66. The molecule has 4 unspecified atom stereocenters. The van der Waals surface area contributed by atoms with Crippen molar-refractivity contribution in [2.75, 3.05) is 24.8 Å². The summed E-state index contributed by atoms with van der Waals surface area (Å²) in [5, 5.41) is 8.16. The van der Waals surface area contributed by atoms with Crippen LogP contribution in [0.25, 0.3) is 0 Å². The van der Waals surface area contributed by atoms with Crippen molar-refractivity contribution in [2.24, 2.45) is 5.92 Å². The van der Waals surface area contributed by atoms with E-state index < -0.39 is 72.9 Å². The van der Waals surface area contributed by atoms with Gasteiger partial charge in [-0.1, -0.05) is 98.8 Å². The Balaban J connectivity index is 1.49. The summed E-state index contributed by atoms with van der Waals surface area (Å²) in [5.41, 5.74) is 2.26. The molecule has 1 aliphatic rings. The lowest BCUT2D eigenvalue weighted by atomic mass is 9.84. The standard InChI is InChI=1S/C37H45N4O8PS/c1-50(47,29-19-10-5-11-20-29)49-25-33(42)31(24-34(43)41-51(2)48)39-35(44)32(23-27-16-8-4-9-17-27)40-37(46)36(45)38-30-21-13-12-18-28(30)22-26-14-6-3-7-15-26/h3,5-7,10-15,18-21,27,31-32H,4,8-9,16-17,22-25H2,1-2H3,(H,38,45)(H,39,44)(H,40,46)(H,41,43). The van der Waals surface area contributed by atoms with Crippen molar-refractivity contribution in [1.82, 2.24) is 15.4 Å². The first kappa shape index (κ1) is 39.3. The quantitative estimate of drug-likeness (QED) is 0.127. The van der Waals surface area contributed by atoms with E-state index in [2.05, 4.69) is 20.7 Å². The van der Waals surface area contributed by atoms with Crippen LogP contribution in [-0.2, 0) is 50.5 Å². The first-order valence-electron chi connectivity index (χ1n) is 16.9. The zero-order valence-corrected chi connectivity index (χ0v) is 30.5. The number of rotatable bonds is 16. The highest BCUT2D eigenvalue weighted by Gasteiger charge is 2.33. The van der Waals surface area contributed by atoms with Gasteiger partial charge in [0.05, 0.1) is 12.5 Å². The molecule has 0 spiro atoms. The van der Waals surface area contributed by atoms with Crippen LogP contribution in [0, 0.1) is 5.92 Å². The summed E-state index contributed by atoms with van der Waals surface area (Å²) in [7, 11) is -5.18. The van der Waals surface area contributed by atoms with E-state index in [9.17, 15) is 32.7 Å². The number of carbonyl (C=O) groups is 5. The molecule has 3 aromatic rings. The molecule has 1 fully saturated rings. The fourth-order valence-electron chi connectivity index (χ4n) is 5.97. The topological polar surface area (TPSA) is 177 Å². The zero-order chi connectivity index (χ0) is 36.8. The minimum Gasteiger partial charge on any atom is -0.344 e. The van der Waals surface area contributed by atoms with Gasteiger partial charge in [0, 0.05) is 23.9 Å². The maximum atomic E-state index is 13.8. The fourth-order valence-corrected chi connectivity index (χ4v) is 7.61. The number of carbonyl (C=O) groups excluding carboxylic acids is 5. The second kappa shape index (κ2) is 19.2. The van der Waals surface area contributed by atoms with Gasteiger partial charge in [-0.15, -0.1) is 0 Å². The molecule has 4 N–H and O–H groups in total. The summed E-state index contributed by atoms with van der Waals surface area (Å²) in [4.78, 5) is 66.4. The minimum atomic E-state index is -3.44. The van der Waals surface area contributed by atoms with Crippen molar-refractivity contribution in [3.63, 3.8) is 0 Å². The van der Waals surface area contributed by atoms with Crippen LogP contribution < -0.4 is 26.0 Å². The number of amides is 4. The molecule has 4 amide bonds. The summed E-state index contributed by atoms with van der Waals surface area (Å²) in [5.74, 6) is -4.25. The number of hydrogen-bond donors (Lipinski definition) is 4. The smallest absolute Gasteiger partial charge is 0.313 e. The molecule has 0 radical (unpaired) electrons. The third kappa shape index (κ3) is 12.7. The minimum absolute atomic E-state index is 0.0737. The molecule has 4 atom stereocenters. The van der Waals surface area contributed by atoms with Crippen molar-refractivity contribution in [1.29, 1.82) is 0 Å². The Kier molecular flexibility index (Phi) is 14.8. The molecule has 0 saturated heterocycles. The van der Waals surface area contributed by atoms with Crippen molar-refractivity contribution in [3.8, 4) is 0 Å². The maximum absolute atomic E-state index is 13.8. The van der Waals surface area contributed by atoms with E-state index in [1.807, 2.05) is 42.5 Å². The molecule has 0 heterocycles. The Morgan fingerprint density at radius 3 is 2.12 bits per heavy atom. The molecule has 1 saturated carbocycles. The van der Waals surface area contributed by atoms with Crippen LogP contribution in [0.5, 0.6) is 0 Å². The molecule has 0 aliphatic heterocycles. The number of benzene rings is 3. The third-order valence-corrected chi connectivity index (χ3v) is 11.0. The number of hydrogen-bond acceptors (Lipinski definition) is 8. The van der Waals surface area contributed by atoms with E-state index in [4.69, 9.17) is 4.52 Å². The van der Waals surface area contributed by atoms with Crippen molar-refractivity contribution >= 4 is 58.8 Å². The molecule has 14 heteroatoms. The molecule has 3 aromatic carbocycles. The molecule has 51 heavy (non-hydrogen) atoms. The summed E-state index contributed by atoms with van der Waals surface area (Å²) >= 11 is 0. The molecule has 0 bridgehead atoms. The predicted octanol–water partition coefficient (Wildman–Crippen LogP) is 3.77. The van der Waals surface area contributed by atoms with Gasteiger partial charge >= 0.3 is 11.8 Å². The van der Waals surface area contributed by atoms with Gasteiger partial charge < -0.3 is 20.5 Å². The van der Waals surface area contributed by atoms with E-state index in [0.717, 1.165) is 43.2 Å². The van der Waals surface area contributed by atoms with Crippen molar-refractivity contribution in [2.45, 2.75) is 63.5 Å². The zero-order valence-electron chi connectivity index (χ0n) is 28.8. The Morgan fingerprint density at radius 1 is 0.824 bits per heavy atom. The van der Waals surface area contributed by atoms with Crippen LogP contribution in [0.2, 0.25) is 0 Å². The lowest BCUT2D eigenvalue weighted by molar-refractivity contribution is -0.138. The van der Waals surface area contributed by atoms with Crippen LogP contribution in [0.1, 0.15) is 56.1 Å². The molecule has 12 nitrogen and oxygen atoms in total. The summed E-state index contributed by atoms with van der Waals surface area (Å²) in [6, 6.07) is 22.4. The lowest BCUT2D eigenvalue weighted by Gasteiger charge is -2.28. The van der Waals surface area contributed by atoms with E-state index in [-0.39, 0.29) is 12.3 Å². The number of para-hydroxylation sites is 1. The van der Waals surface area contributed by atoms with Crippen LogP contribution in [0.3, 0.4) is 0 Å². The summed E-state index contributed by atoms with van der Waals surface area (Å²) in [6.07, 6.45) is 5.99. The number of nitrogens with one attached hydrogen (secondary N) is 4. The molecule has 1 aliphatic carbocycles. The Labute approximate surface area is 300 Å². The van der Waals surface area contributed by atoms with E-state index >= 15 is 0 Å². The maximum Gasteiger partial charge on any atom is 0.313 e. The molecule has 0 aromatic heterocycles. The van der Waals surface area contributed by atoms with E-state index in [1.54, 1.807) is 42.5 Å². The highest BCUT2D eigenvalue weighted by atomic mass is 32.2. The molecule has 4 rings (SSSR count). The van der Waals surface area contributed by atoms with Crippen LogP contribution in [-0.4, -0.2) is 65.2 Å². The summed E-state index contributed by atoms with van der Waals surface area (Å²) < 4.78 is 32.6. The van der Waals surface area contributed by atoms with Gasteiger partial charge in [-0.2, -0.15) is 0 Å². The SMILES string of the molecule is CS(=O)NC(=O)CC(NC(=O)C(CC1CCCCC1)NC(=O)C(=O)Nc1ccccc1Cc1ccccc1)C(=O)COP(C)(=O)c1ccccc1. The first-order valence-corrected chi connectivity index (χ1v) is 20.5. The van der Waals surface area contributed by atoms with E-state index in [0.29, 0.717) is 17.4 Å². The van der Waals surface area contributed by atoms with Crippen LogP contribution in [0.15, 0.2) is 84.9 Å². The van der Waals surface area contributed by atoms with Crippen molar-refractivity contribution in [3.05, 3.63) is 96.1 Å². The van der Waals surface area contributed by atoms with Gasteiger partial charge in [-0.3, -0.25) is 33.3 Å². The molecular weight excluding hydrogens is 691 g/mol. The normalized spacial score (nSPS) is 16.0. The molecule has 272 valence electrons. The predicted molar refractivity (Wildman–Crippen MR) is 197 cm³/mol. The largest absolute Gasteiger partial charge is 0.344 e. The highest BCUT2D eigenvalue weighted by Crippen LogP contribution is 2.41. The van der Waals surface area contributed by atoms with Gasteiger partial charge in [0.15, 0.2) is 5.78 Å². The first-order chi connectivity index (χ1) is 24.4. The number of anilines is 1. The average Bonchev–Trinajstić information content (AvgIpc) is 3.11. The van der Waals surface area contributed by atoms with Crippen LogP contribution >= 0.6 is 7.37 Å². The monoisotopic (exact) mass is 736 g/mol. The summed E-state index contributed by atoms with van der Waals surface area (Å²) in [6.45, 7) is 0.664. The highest BCUT2D eigenvalue weighted by molar-refractivity contribution is 7.82. The molecular formula is C37H45N4O8PS. The van der Waals surface area contributed by atoms with Gasteiger partial charge in [0.25, 0.3) is 0 Å². The number of ketones is 1. The van der Waals surface area contributed by atoms with E-state index in [1.165, 1.54) is 12.9 Å². The fraction of sp³-hybridized carbons (Fsp3) is 0.378. The van der Waals surface area contributed by atoms with Gasteiger partial charge in [-0.25, -0.2) is 4.21 Å². The van der Waals surface area contributed by atoms with Crippen LogP contribution in [0.4, 0.5) is 5.69 Å². The van der Waals surface area contributed by atoms with Gasteiger partial charge in [0.2, 0.25) is 19.2 Å².